The Bertz CT molecular complexity index is 244. The second-order valence-electron chi connectivity index (χ2n) is 4.49. The zero-order chi connectivity index (χ0) is 13.8. The zero-order valence-corrected chi connectivity index (χ0v) is 11.5. The van der Waals surface area contributed by atoms with Gasteiger partial charge in [0.1, 0.15) is 6.04 Å². The fraction of sp³-hybridized carbons (Fsp3) is 0.846. The first kappa shape index (κ1) is 16.7. The second kappa shape index (κ2) is 10.9. The van der Waals surface area contributed by atoms with Crippen LogP contribution in [0, 0.1) is 0 Å². The molecule has 0 spiro atoms. The van der Waals surface area contributed by atoms with E-state index in [2.05, 4.69) is 17.6 Å². The van der Waals surface area contributed by atoms with Gasteiger partial charge in [-0.3, -0.25) is 0 Å². The van der Waals surface area contributed by atoms with Crippen LogP contribution in [-0.4, -0.2) is 29.7 Å². The summed E-state index contributed by atoms with van der Waals surface area (Å²) in [7, 11) is 0. The Hall–Kier alpha value is -1.26. The lowest BCUT2D eigenvalue weighted by Crippen LogP contribution is -2.46. The van der Waals surface area contributed by atoms with E-state index < -0.39 is 12.0 Å². The Morgan fingerprint density at radius 1 is 1.06 bits per heavy atom. The maximum absolute atomic E-state index is 11.5. The summed E-state index contributed by atoms with van der Waals surface area (Å²) in [5.41, 5.74) is 0. The Balaban J connectivity index is 3.77. The molecular weight excluding hydrogens is 232 g/mol. The molecule has 3 N–H and O–H groups in total. The number of hydrogen-bond acceptors (Lipinski definition) is 2. The van der Waals surface area contributed by atoms with Crippen molar-refractivity contribution in [3.63, 3.8) is 0 Å². The first-order valence-corrected chi connectivity index (χ1v) is 6.89. The summed E-state index contributed by atoms with van der Waals surface area (Å²) in [5, 5.41) is 14.1. The lowest BCUT2D eigenvalue weighted by atomic mass is 10.1. The van der Waals surface area contributed by atoms with E-state index in [1.807, 2.05) is 6.92 Å². The summed E-state index contributed by atoms with van der Waals surface area (Å²) >= 11 is 0. The molecule has 0 saturated heterocycles. The van der Waals surface area contributed by atoms with Gasteiger partial charge < -0.3 is 15.7 Å². The molecule has 0 aliphatic carbocycles. The third kappa shape index (κ3) is 8.84. The number of carbonyl (C=O) groups excluding carboxylic acids is 1. The van der Waals surface area contributed by atoms with Crippen LogP contribution in [0.1, 0.15) is 58.8 Å². The van der Waals surface area contributed by atoms with Crippen molar-refractivity contribution in [2.24, 2.45) is 0 Å². The number of carboxylic acids is 1. The van der Waals surface area contributed by atoms with E-state index in [0.717, 1.165) is 38.5 Å². The van der Waals surface area contributed by atoms with Crippen molar-refractivity contribution in [1.29, 1.82) is 0 Å². The van der Waals surface area contributed by atoms with Gasteiger partial charge in [-0.25, -0.2) is 9.59 Å². The Kier molecular flexibility index (Phi) is 10.1. The van der Waals surface area contributed by atoms with Gasteiger partial charge in [0.05, 0.1) is 0 Å². The van der Waals surface area contributed by atoms with Gasteiger partial charge in [0.2, 0.25) is 0 Å². The van der Waals surface area contributed by atoms with Crippen LogP contribution in [0.4, 0.5) is 4.79 Å². The molecule has 0 bridgehead atoms. The van der Waals surface area contributed by atoms with Crippen molar-refractivity contribution in [2.75, 3.05) is 6.54 Å². The van der Waals surface area contributed by atoms with Crippen LogP contribution in [0.25, 0.3) is 0 Å². The number of nitrogens with one attached hydrogen (secondary N) is 2. The number of aliphatic carboxylic acids is 1. The lowest BCUT2D eigenvalue weighted by Gasteiger charge is -2.14. The van der Waals surface area contributed by atoms with Crippen LogP contribution in [0.2, 0.25) is 0 Å². The minimum absolute atomic E-state index is 0.380. The molecule has 0 aliphatic heterocycles. The Morgan fingerprint density at radius 3 is 2.28 bits per heavy atom. The van der Waals surface area contributed by atoms with E-state index >= 15 is 0 Å². The van der Waals surface area contributed by atoms with Crippen LogP contribution >= 0.6 is 0 Å². The van der Waals surface area contributed by atoms with Gasteiger partial charge in [0, 0.05) is 6.54 Å². The van der Waals surface area contributed by atoms with Crippen molar-refractivity contribution in [3.05, 3.63) is 0 Å². The number of urea groups is 1. The number of carbonyl (C=O) groups is 2. The maximum Gasteiger partial charge on any atom is 0.326 e. The Morgan fingerprint density at radius 2 is 1.72 bits per heavy atom. The molecule has 1 atom stereocenters. The molecule has 0 saturated carbocycles. The van der Waals surface area contributed by atoms with Crippen molar-refractivity contribution in [3.8, 4) is 0 Å². The molecule has 106 valence electrons. The van der Waals surface area contributed by atoms with Crippen LogP contribution in [0.5, 0.6) is 0 Å². The molecule has 0 aromatic rings. The summed E-state index contributed by atoms with van der Waals surface area (Å²) < 4.78 is 0. The smallest absolute Gasteiger partial charge is 0.326 e. The molecule has 2 amide bonds. The molecular formula is C13H26N2O3. The average Bonchev–Trinajstić information content (AvgIpc) is 2.33. The highest BCUT2D eigenvalue weighted by molar-refractivity contribution is 5.82. The van der Waals surface area contributed by atoms with Crippen LogP contribution in [0.15, 0.2) is 0 Å². The van der Waals surface area contributed by atoms with E-state index in [1.54, 1.807) is 0 Å². The van der Waals surface area contributed by atoms with Gasteiger partial charge in [-0.05, 0) is 12.8 Å². The fourth-order valence-electron chi connectivity index (χ4n) is 1.63. The van der Waals surface area contributed by atoms with E-state index in [-0.39, 0.29) is 6.03 Å². The standard InChI is InChI=1S/C13H26N2O3/c1-3-5-7-8-10-14-13(18)15-11(12(16)17)9-6-4-2/h11H,3-10H2,1-2H3,(H,16,17)(H2,14,15,18)/t11-/m0/s1. The van der Waals surface area contributed by atoms with Gasteiger partial charge in [-0.1, -0.05) is 46.0 Å². The highest BCUT2D eigenvalue weighted by atomic mass is 16.4. The maximum atomic E-state index is 11.5. The van der Waals surface area contributed by atoms with Crippen molar-refractivity contribution >= 4 is 12.0 Å². The fourth-order valence-corrected chi connectivity index (χ4v) is 1.63. The van der Waals surface area contributed by atoms with Gasteiger partial charge in [0.15, 0.2) is 0 Å². The highest BCUT2D eigenvalue weighted by Gasteiger charge is 2.18. The van der Waals surface area contributed by atoms with E-state index in [1.165, 1.54) is 0 Å². The number of amides is 2. The number of rotatable bonds is 10. The third-order valence-corrected chi connectivity index (χ3v) is 2.77. The largest absolute Gasteiger partial charge is 0.480 e. The summed E-state index contributed by atoms with van der Waals surface area (Å²) in [4.78, 5) is 22.4. The molecule has 0 rings (SSSR count). The molecule has 0 aromatic heterocycles. The van der Waals surface area contributed by atoms with Crippen LogP contribution < -0.4 is 10.6 Å². The minimum Gasteiger partial charge on any atom is -0.480 e. The second-order valence-corrected chi connectivity index (χ2v) is 4.49. The van der Waals surface area contributed by atoms with E-state index in [0.29, 0.717) is 13.0 Å². The summed E-state index contributed by atoms with van der Waals surface area (Å²) in [6.45, 7) is 4.73. The average molecular weight is 258 g/mol. The third-order valence-electron chi connectivity index (χ3n) is 2.77. The summed E-state index contributed by atoms with van der Waals surface area (Å²) in [6, 6.07) is -1.16. The normalized spacial score (nSPS) is 11.9. The first-order valence-electron chi connectivity index (χ1n) is 6.89. The molecule has 0 fully saturated rings. The molecule has 0 radical (unpaired) electrons. The van der Waals surface area contributed by atoms with Gasteiger partial charge in [0.25, 0.3) is 0 Å². The van der Waals surface area contributed by atoms with E-state index in [4.69, 9.17) is 5.11 Å². The van der Waals surface area contributed by atoms with Crippen LogP contribution in [0.3, 0.4) is 0 Å². The predicted octanol–water partition coefficient (Wildman–Crippen LogP) is 2.51. The number of hydrogen-bond donors (Lipinski definition) is 3. The topological polar surface area (TPSA) is 78.4 Å². The monoisotopic (exact) mass is 258 g/mol. The zero-order valence-electron chi connectivity index (χ0n) is 11.5. The van der Waals surface area contributed by atoms with Crippen molar-refractivity contribution in [2.45, 2.75) is 64.8 Å². The van der Waals surface area contributed by atoms with Crippen molar-refractivity contribution in [1.82, 2.24) is 10.6 Å². The quantitative estimate of drug-likeness (QED) is 0.527. The summed E-state index contributed by atoms with van der Waals surface area (Å²) in [6.07, 6.45) is 6.55. The molecule has 0 unspecified atom stereocenters. The number of unbranched alkanes of at least 4 members (excludes halogenated alkanes) is 4. The van der Waals surface area contributed by atoms with Crippen LogP contribution in [-0.2, 0) is 4.79 Å². The molecule has 5 heteroatoms. The highest BCUT2D eigenvalue weighted by Crippen LogP contribution is 2.01. The predicted molar refractivity (Wildman–Crippen MR) is 71.6 cm³/mol. The minimum atomic E-state index is -0.968. The molecule has 18 heavy (non-hydrogen) atoms. The molecule has 0 aromatic carbocycles. The molecule has 0 heterocycles. The first-order chi connectivity index (χ1) is 8.61. The number of carboxylic acid groups (broad SMARTS) is 1. The molecule has 5 nitrogen and oxygen atoms in total. The lowest BCUT2D eigenvalue weighted by molar-refractivity contribution is -0.139. The SMILES string of the molecule is CCCCCCNC(=O)N[C@@H](CCCC)C(=O)O. The van der Waals surface area contributed by atoms with E-state index in [9.17, 15) is 9.59 Å². The van der Waals surface area contributed by atoms with Gasteiger partial charge >= 0.3 is 12.0 Å². The Labute approximate surface area is 109 Å². The van der Waals surface area contributed by atoms with Crippen molar-refractivity contribution < 1.29 is 14.7 Å². The summed E-state index contributed by atoms with van der Waals surface area (Å²) in [5.74, 6) is -0.968. The molecule has 0 aliphatic rings. The van der Waals surface area contributed by atoms with Gasteiger partial charge in [-0.2, -0.15) is 0 Å². The van der Waals surface area contributed by atoms with Gasteiger partial charge in [-0.15, -0.1) is 0 Å².